The SMILES string of the molecule is COc1ccc(-c2nc(CSc3nc(N)c(C#N)c(-c4ccc(CC[C@H](O)CO)cc4)c3C#N)c(C)o2)c(F)c1. The van der Waals surface area contributed by atoms with Crippen LogP contribution in [0.15, 0.2) is 51.9 Å². The van der Waals surface area contributed by atoms with E-state index in [0.717, 1.165) is 5.56 Å². The van der Waals surface area contributed by atoms with Crippen molar-refractivity contribution in [1.29, 1.82) is 10.5 Å². The van der Waals surface area contributed by atoms with E-state index >= 15 is 0 Å². The number of nitriles is 2. The third kappa shape index (κ3) is 6.08. The molecule has 0 aliphatic rings. The maximum Gasteiger partial charge on any atom is 0.229 e. The van der Waals surface area contributed by atoms with Gasteiger partial charge in [-0.05, 0) is 43.0 Å². The molecule has 11 heteroatoms. The third-order valence-corrected chi connectivity index (χ3v) is 7.27. The van der Waals surface area contributed by atoms with Crippen LogP contribution in [0, 0.1) is 35.4 Å². The highest BCUT2D eigenvalue weighted by Crippen LogP contribution is 2.37. The van der Waals surface area contributed by atoms with Gasteiger partial charge in [-0.2, -0.15) is 10.5 Å². The van der Waals surface area contributed by atoms with Crippen molar-refractivity contribution < 1.29 is 23.8 Å². The summed E-state index contributed by atoms with van der Waals surface area (Å²) in [5, 5.41) is 38.9. The second-order valence-corrected chi connectivity index (χ2v) is 9.84. The zero-order valence-corrected chi connectivity index (χ0v) is 22.6. The Balaban J connectivity index is 1.63. The molecule has 4 rings (SSSR count). The summed E-state index contributed by atoms with van der Waals surface area (Å²) in [6, 6.07) is 15.9. The van der Waals surface area contributed by atoms with E-state index < -0.39 is 11.9 Å². The molecule has 0 bridgehead atoms. The minimum atomic E-state index is -0.797. The lowest BCUT2D eigenvalue weighted by atomic mass is 9.95. The van der Waals surface area contributed by atoms with Crippen molar-refractivity contribution in [3.8, 4) is 40.5 Å². The van der Waals surface area contributed by atoms with Crippen LogP contribution in [0.25, 0.3) is 22.6 Å². The van der Waals surface area contributed by atoms with Gasteiger partial charge in [0, 0.05) is 17.4 Å². The van der Waals surface area contributed by atoms with Crippen LogP contribution < -0.4 is 10.5 Å². The average Bonchev–Trinajstić information content (AvgIpc) is 3.34. The van der Waals surface area contributed by atoms with E-state index in [4.69, 9.17) is 20.0 Å². The smallest absolute Gasteiger partial charge is 0.229 e. The highest BCUT2D eigenvalue weighted by Gasteiger charge is 2.22. The number of oxazole rings is 1. The van der Waals surface area contributed by atoms with E-state index in [-0.39, 0.29) is 40.8 Å². The molecule has 1 atom stereocenters. The van der Waals surface area contributed by atoms with Gasteiger partial charge in [-0.1, -0.05) is 36.0 Å². The van der Waals surface area contributed by atoms with E-state index in [1.54, 1.807) is 25.1 Å². The Kier molecular flexibility index (Phi) is 9.02. The van der Waals surface area contributed by atoms with Crippen LogP contribution in [0.1, 0.15) is 34.6 Å². The zero-order chi connectivity index (χ0) is 28.8. The minimum absolute atomic E-state index is 0.00740. The van der Waals surface area contributed by atoms with Crippen molar-refractivity contribution >= 4 is 17.6 Å². The first-order valence-corrected chi connectivity index (χ1v) is 13.2. The Morgan fingerprint density at radius 3 is 2.48 bits per heavy atom. The Hall–Kier alpha value is -4.42. The topological polar surface area (TPSA) is 162 Å². The van der Waals surface area contributed by atoms with E-state index in [1.165, 1.54) is 31.0 Å². The van der Waals surface area contributed by atoms with Crippen LogP contribution in [-0.2, 0) is 12.2 Å². The molecule has 2 aromatic heterocycles. The number of ether oxygens (including phenoxy) is 1. The van der Waals surface area contributed by atoms with E-state index in [0.29, 0.717) is 46.2 Å². The van der Waals surface area contributed by atoms with Crippen LogP contribution in [0.4, 0.5) is 10.2 Å². The highest BCUT2D eigenvalue weighted by molar-refractivity contribution is 7.98. The number of anilines is 1. The van der Waals surface area contributed by atoms with Gasteiger partial charge < -0.3 is 25.1 Å². The summed E-state index contributed by atoms with van der Waals surface area (Å²) < 4.78 is 25.3. The van der Waals surface area contributed by atoms with Gasteiger partial charge in [0.1, 0.15) is 45.9 Å². The van der Waals surface area contributed by atoms with E-state index in [1.807, 2.05) is 12.1 Å². The Labute approximate surface area is 234 Å². The maximum atomic E-state index is 14.6. The van der Waals surface area contributed by atoms with Crippen LogP contribution in [0.3, 0.4) is 0 Å². The summed E-state index contributed by atoms with van der Waals surface area (Å²) in [5.41, 5.74) is 9.09. The fraction of sp³-hybridized carbons (Fsp3) is 0.241. The first kappa shape index (κ1) is 28.6. The molecule has 0 spiro atoms. The number of hydrogen-bond donors (Lipinski definition) is 3. The van der Waals surface area contributed by atoms with Crippen molar-refractivity contribution in [3.63, 3.8) is 0 Å². The molecule has 0 amide bonds. The number of methoxy groups -OCH3 is 1. The Morgan fingerprint density at radius 2 is 1.85 bits per heavy atom. The zero-order valence-electron chi connectivity index (χ0n) is 21.8. The van der Waals surface area contributed by atoms with Crippen molar-refractivity contribution in [2.75, 3.05) is 19.5 Å². The van der Waals surface area contributed by atoms with Gasteiger partial charge in [-0.25, -0.2) is 14.4 Å². The Bertz CT molecular complexity index is 1610. The number of nitrogens with zero attached hydrogens (tertiary/aromatic N) is 4. The molecule has 2 aromatic carbocycles. The molecule has 204 valence electrons. The average molecular weight is 560 g/mol. The molecule has 40 heavy (non-hydrogen) atoms. The lowest BCUT2D eigenvalue weighted by Gasteiger charge is -2.13. The molecule has 0 radical (unpaired) electrons. The van der Waals surface area contributed by atoms with Gasteiger partial charge in [0.05, 0.1) is 36.6 Å². The lowest BCUT2D eigenvalue weighted by Crippen LogP contribution is -2.12. The number of aryl methyl sites for hydroxylation is 2. The number of halogens is 1. The number of benzene rings is 2. The van der Waals surface area contributed by atoms with Crippen molar-refractivity contribution in [1.82, 2.24) is 9.97 Å². The number of aliphatic hydroxyl groups excluding tert-OH is 2. The number of pyridine rings is 1. The summed E-state index contributed by atoms with van der Waals surface area (Å²) in [7, 11) is 1.45. The van der Waals surface area contributed by atoms with Gasteiger partial charge in [0.2, 0.25) is 5.89 Å². The molecule has 0 aliphatic carbocycles. The van der Waals surface area contributed by atoms with Gasteiger partial charge in [-0.15, -0.1) is 0 Å². The number of hydrogen-bond acceptors (Lipinski definition) is 10. The number of aliphatic hydroxyl groups is 2. The number of rotatable bonds is 10. The normalized spacial score (nSPS) is 11.6. The summed E-state index contributed by atoms with van der Waals surface area (Å²) in [6.45, 7) is 1.41. The summed E-state index contributed by atoms with van der Waals surface area (Å²) >= 11 is 1.21. The fourth-order valence-electron chi connectivity index (χ4n) is 4.06. The predicted octanol–water partition coefficient (Wildman–Crippen LogP) is 4.76. The largest absolute Gasteiger partial charge is 0.497 e. The molecule has 4 aromatic rings. The Morgan fingerprint density at radius 1 is 1.12 bits per heavy atom. The quantitative estimate of drug-likeness (QED) is 0.231. The molecule has 0 unspecified atom stereocenters. The van der Waals surface area contributed by atoms with Gasteiger partial charge in [0.15, 0.2) is 0 Å². The number of thioether (sulfide) groups is 1. The first-order valence-electron chi connectivity index (χ1n) is 12.2. The molecule has 4 N–H and O–H groups in total. The summed E-state index contributed by atoms with van der Waals surface area (Å²) in [4.78, 5) is 8.78. The van der Waals surface area contributed by atoms with Crippen LogP contribution >= 0.6 is 11.8 Å². The van der Waals surface area contributed by atoms with E-state index in [9.17, 15) is 20.0 Å². The number of nitrogens with two attached hydrogens (primary N) is 1. The monoisotopic (exact) mass is 559 g/mol. The van der Waals surface area contributed by atoms with Gasteiger partial charge in [-0.3, -0.25) is 0 Å². The second kappa shape index (κ2) is 12.6. The number of nitrogen functional groups attached to an aromatic ring is 1. The lowest BCUT2D eigenvalue weighted by molar-refractivity contribution is 0.0886. The molecule has 0 fully saturated rings. The van der Waals surface area contributed by atoms with Gasteiger partial charge in [0.25, 0.3) is 0 Å². The highest BCUT2D eigenvalue weighted by atomic mass is 32.2. The summed E-state index contributed by atoms with van der Waals surface area (Å²) in [5.74, 6) is 0.694. The van der Waals surface area contributed by atoms with Gasteiger partial charge >= 0.3 is 0 Å². The standard InChI is InChI=1S/C29H26FN5O4S/c1-16-25(34-28(39-16)21-10-9-20(38-2)11-24(21)30)15-40-29-23(13-32)26(22(12-31)27(33)35-29)18-6-3-17(4-7-18)5-8-19(37)14-36/h3-4,6-7,9-11,19,36-37H,5,8,14-15H2,1-2H3,(H2,33,35)/t19-/m0/s1. The molecule has 9 nitrogen and oxygen atoms in total. The van der Waals surface area contributed by atoms with Crippen LogP contribution in [0.5, 0.6) is 5.75 Å². The van der Waals surface area contributed by atoms with Crippen molar-refractivity contribution in [2.24, 2.45) is 0 Å². The first-order chi connectivity index (χ1) is 19.3. The predicted molar refractivity (Wildman–Crippen MR) is 148 cm³/mol. The molecular formula is C29H26FN5O4S. The van der Waals surface area contributed by atoms with Crippen LogP contribution in [-0.4, -0.2) is 40.0 Å². The second-order valence-electron chi connectivity index (χ2n) is 8.88. The van der Waals surface area contributed by atoms with Crippen molar-refractivity contribution in [2.45, 2.75) is 36.6 Å². The molecule has 0 saturated carbocycles. The maximum absolute atomic E-state index is 14.6. The third-order valence-electron chi connectivity index (χ3n) is 6.28. The summed E-state index contributed by atoms with van der Waals surface area (Å²) in [6.07, 6.45) is 0.159. The van der Waals surface area contributed by atoms with Crippen LogP contribution in [0.2, 0.25) is 0 Å². The molecule has 0 aliphatic heterocycles. The molecule has 2 heterocycles. The van der Waals surface area contributed by atoms with E-state index in [2.05, 4.69) is 22.1 Å². The number of aromatic nitrogens is 2. The molecular weight excluding hydrogens is 533 g/mol. The molecule has 0 saturated heterocycles. The van der Waals surface area contributed by atoms with Crippen molar-refractivity contribution in [3.05, 3.63) is 76.4 Å². The fourth-order valence-corrected chi connectivity index (χ4v) is 5.06. The minimum Gasteiger partial charge on any atom is -0.497 e.